The Morgan fingerprint density at radius 3 is 2.73 bits per heavy atom. The molecule has 0 aromatic heterocycles. The average Bonchev–Trinajstić information content (AvgIpc) is 2.07. The van der Waals surface area contributed by atoms with Gasteiger partial charge in [-0.3, -0.25) is 4.99 Å². The molecule has 54 valence electrons. The fourth-order valence-corrected chi connectivity index (χ4v) is 0.743. The molecule has 1 heteroatoms. The van der Waals surface area contributed by atoms with Gasteiger partial charge in [0, 0.05) is 6.21 Å². The van der Waals surface area contributed by atoms with Gasteiger partial charge in [0.1, 0.15) is 0 Å². The Labute approximate surface area is 66.8 Å². The van der Waals surface area contributed by atoms with E-state index in [1.807, 2.05) is 30.3 Å². The van der Waals surface area contributed by atoms with Crippen molar-refractivity contribution in [2.75, 3.05) is 6.54 Å². The molecule has 1 rings (SSSR count). The molecule has 0 heterocycles. The highest BCUT2D eigenvalue weighted by molar-refractivity contribution is 5.79. The first-order chi connectivity index (χ1) is 5.43. The summed E-state index contributed by atoms with van der Waals surface area (Å²) in [6.07, 6.45) is 6.81. The van der Waals surface area contributed by atoms with E-state index in [2.05, 4.69) is 10.9 Å². The molecule has 1 aromatic carbocycles. The Bertz CT molecular complexity index is 267. The molecule has 1 nitrogen and oxygen atoms in total. The van der Waals surface area contributed by atoms with E-state index in [1.165, 1.54) is 0 Å². The van der Waals surface area contributed by atoms with Gasteiger partial charge in [0.05, 0.1) is 6.54 Å². The van der Waals surface area contributed by atoms with Crippen molar-refractivity contribution < 1.29 is 0 Å². The van der Waals surface area contributed by atoms with E-state index < -0.39 is 0 Å². The molecular weight excluding hydrogens is 134 g/mol. The minimum absolute atomic E-state index is 0.453. The molecule has 0 unspecified atom stereocenters. The topological polar surface area (TPSA) is 12.4 Å². The molecular formula is C10H9N. The van der Waals surface area contributed by atoms with Gasteiger partial charge in [-0.25, -0.2) is 0 Å². The van der Waals surface area contributed by atoms with E-state index in [0.29, 0.717) is 6.54 Å². The highest BCUT2D eigenvalue weighted by Crippen LogP contribution is 1.93. The van der Waals surface area contributed by atoms with Gasteiger partial charge >= 0.3 is 0 Å². The second-order valence-electron chi connectivity index (χ2n) is 2.08. The number of benzene rings is 1. The summed E-state index contributed by atoms with van der Waals surface area (Å²) < 4.78 is 0. The predicted octanol–water partition coefficient (Wildman–Crippen LogP) is 1.74. The quantitative estimate of drug-likeness (QED) is 0.441. The van der Waals surface area contributed by atoms with Crippen LogP contribution in [0.15, 0.2) is 35.3 Å². The summed E-state index contributed by atoms with van der Waals surface area (Å²) in [5, 5.41) is 0. The lowest BCUT2D eigenvalue weighted by Crippen LogP contribution is -1.80. The van der Waals surface area contributed by atoms with E-state index >= 15 is 0 Å². The summed E-state index contributed by atoms with van der Waals surface area (Å²) >= 11 is 0. The van der Waals surface area contributed by atoms with Crippen LogP contribution in [0.25, 0.3) is 0 Å². The highest BCUT2D eigenvalue weighted by atomic mass is 14.7. The van der Waals surface area contributed by atoms with Crippen LogP contribution in [0.1, 0.15) is 5.56 Å². The Morgan fingerprint density at radius 1 is 1.36 bits per heavy atom. The second-order valence-corrected chi connectivity index (χ2v) is 2.08. The van der Waals surface area contributed by atoms with E-state index in [9.17, 15) is 0 Å². The molecule has 0 amide bonds. The average molecular weight is 143 g/mol. The number of nitrogens with zero attached hydrogens (tertiary/aromatic N) is 1. The zero-order chi connectivity index (χ0) is 7.94. The third-order valence-electron chi connectivity index (χ3n) is 1.22. The van der Waals surface area contributed by atoms with E-state index in [4.69, 9.17) is 6.42 Å². The molecule has 0 spiro atoms. The number of hydrogen-bond acceptors (Lipinski definition) is 1. The summed E-state index contributed by atoms with van der Waals surface area (Å²) in [4.78, 5) is 4.00. The normalized spacial score (nSPS) is 9.73. The second kappa shape index (κ2) is 4.29. The molecule has 0 saturated heterocycles. The lowest BCUT2D eigenvalue weighted by atomic mass is 10.2. The summed E-state index contributed by atoms with van der Waals surface area (Å²) in [5.74, 6) is 2.44. The number of rotatable bonds is 2. The molecule has 0 aliphatic heterocycles. The molecule has 0 aliphatic carbocycles. The lowest BCUT2D eigenvalue weighted by molar-refractivity contribution is 1.30. The number of terminal acetylenes is 1. The molecule has 0 saturated carbocycles. The molecule has 0 fully saturated rings. The largest absolute Gasteiger partial charge is 0.280 e. The van der Waals surface area contributed by atoms with Crippen LogP contribution in [-0.4, -0.2) is 12.8 Å². The maximum absolute atomic E-state index is 5.03. The van der Waals surface area contributed by atoms with Gasteiger partial charge < -0.3 is 0 Å². The third-order valence-corrected chi connectivity index (χ3v) is 1.22. The fraction of sp³-hybridized carbons (Fsp3) is 0.100. The van der Waals surface area contributed by atoms with Gasteiger partial charge in [-0.1, -0.05) is 36.3 Å². The molecule has 0 bridgehead atoms. The maximum atomic E-state index is 5.03. The maximum Gasteiger partial charge on any atom is 0.0995 e. The Balaban J connectivity index is 2.59. The minimum Gasteiger partial charge on any atom is -0.280 e. The first kappa shape index (κ1) is 7.56. The van der Waals surface area contributed by atoms with Crippen molar-refractivity contribution in [3.8, 4) is 12.3 Å². The van der Waals surface area contributed by atoms with Crippen LogP contribution in [0.4, 0.5) is 0 Å². The van der Waals surface area contributed by atoms with Gasteiger partial charge in [0.25, 0.3) is 0 Å². The van der Waals surface area contributed by atoms with E-state index in [0.717, 1.165) is 5.56 Å². The predicted molar refractivity (Wildman–Crippen MR) is 47.7 cm³/mol. The van der Waals surface area contributed by atoms with Crippen LogP contribution in [0.2, 0.25) is 0 Å². The molecule has 0 atom stereocenters. The van der Waals surface area contributed by atoms with Gasteiger partial charge in [-0.15, -0.1) is 6.42 Å². The van der Waals surface area contributed by atoms with Crippen molar-refractivity contribution in [2.45, 2.75) is 0 Å². The Kier molecular flexibility index (Phi) is 2.95. The third kappa shape index (κ3) is 2.68. The van der Waals surface area contributed by atoms with Crippen LogP contribution in [0, 0.1) is 12.3 Å². The van der Waals surface area contributed by atoms with E-state index in [1.54, 1.807) is 6.21 Å². The first-order valence-electron chi connectivity index (χ1n) is 3.42. The van der Waals surface area contributed by atoms with Crippen molar-refractivity contribution in [1.29, 1.82) is 0 Å². The molecule has 1 aromatic rings. The molecule has 0 aliphatic rings. The lowest BCUT2D eigenvalue weighted by Gasteiger charge is -1.87. The van der Waals surface area contributed by atoms with Crippen LogP contribution in [-0.2, 0) is 0 Å². The Hall–Kier alpha value is -1.55. The fourth-order valence-electron chi connectivity index (χ4n) is 0.743. The van der Waals surface area contributed by atoms with Crippen molar-refractivity contribution in [3.63, 3.8) is 0 Å². The molecule has 0 radical (unpaired) electrons. The van der Waals surface area contributed by atoms with Gasteiger partial charge in [0.15, 0.2) is 0 Å². The summed E-state index contributed by atoms with van der Waals surface area (Å²) in [7, 11) is 0. The SMILES string of the molecule is C#CC/N=C\c1ccccc1. The summed E-state index contributed by atoms with van der Waals surface area (Å²) in [5.41, 5.74) is 1.09. The zero-order valence-corrected chi connectivity index (χ0v) is 6.20. The van der Waals surface area contributed by atoms with Crippen LogP contribution in [0.5, 0.6) is 0 Å². The monoisotopic (exact) mass is 143 g/mol. The van der Waals surface area contributed by atoms with E-state index in [-0.39, 0.29) is 0 Å². The van der Waals surface area contributed by atoms with Crippen LogP contribution >= 0.6 is 0 Å². The summed E-state index contributed by atoms with van der Waals surface area (Å²) in [6.45, 7) is 0.453. The van der Waals surface area contributed by atoms with Crippen LogP contribution < -0.4 is 0 Å². The smallest absolute Gasteiger partial charge is 0.0995 e. The van der Waals surface area contributed by atoms with Crippen molar-refractivity contribution in [2.24, 2.45) is 4.99 Å². The highest BCUT2D eigenvalue weighted by Gasteiger charge is 1.80. The minimum atomic E-state index is 0.453. The van der Waals surface area contributed by atoms with Gasteiger partial charge in [-0.05, 0) is 5.56 Å². The van der Waals surface area contributed by atoms with Gasteiger partial charge in [0.2, 0.25) is 0 Å². The van der Waals surface area contributed by atoms with Crippen molar-refractivity contribution in [3.05, 3.63) is 35.9 Å². The van der Waals surface area contributed by atoms with Gasteiger partial charge in [-0.2, -0.15) is 0 Å². The Morgan fingerprint density at radius 2 is 2.09 bits per heavy atom. The zero-order valence-electron chi connectivity index (χ0n) is 6.20. The van der Waals surface area contributed by atoms with Crippen LogP contribution in [0.3, 0.4) is 0 Å². The number of aliphatic imine (C=N–C) groups is 1. The van der Waals surface area contributed by atoms with Crippen molar-refractivity contribution >= 4 is 6.21 Å². The standard InChI is InChI=1S/C10H9N/c1-2-8-11-9-10-6-4-3-5-7-10/h1,3-7,9H,8H2/b11-9-. The number of hydrogen-bond donors (Lipinski definition) is 0. The first-order valence-corrected chi connectivity index (χ1v) is 3.42. The molecule has 0 N–H and O–H groups in total. The molecule has 11 heavy (non-hydrogen) atoms. The van der Waals surface area contributed by atoms with Crippen molar-refractivity contribution in [1.82, 2.24) is 0 Å². The summed E-state index contributed by atoms with van der Waals surface area (Å²) in [6, 6.07) is 9.88.